The number of fused-ring (bicyclic) bond motifs is 8. The number of nitrogens with zero attached hydrogens (tertiary/aromatic N) is 1. The molecule has 0 unspecified atom stereocenters. The van der Waals surface area contributed by atoms with Gasteiger partial charge in [-0.15, -0.1) is 0 Å². The van der Waals surface area contributed by atoms with Crippen LogP contribution in [0.3, 0.4) is 0 Å². The lowest BCUT2D eigenvalue weighted by Crippen LogP contribution is -2.14. The van der Waals surface area contributed by atoms with Crippen molar-refractivity contribution in [3.63, 3.8) is 0 Å². The van der Waals surface area contributed by atoms with Gasteiger partial charge in [-0.05, 0) is 116 Å². The molecule has 5 rings (SSSR count). The standard InChI is InChI=1S/C33H39N5O4/c1-7-20-19(6)32-37-27(20)14-25-18(5)23(10-12-31(41)42)29(35-25)15-28-22(9-11-30(39)40)17(4)24(34-28)13-26-16(3)21(8-2)33(36-26)38-32/h13-15,34-35H,7-12H2,1-6H3,(H,39,40)(H,41,42)(H2,36,37,38). The Hall–Kier alpha value is -4.53. The van der Waals surface area contributed by atoms with Crippen LogP contribution in [0.1, 0.15) is 88.3 Å². The minimum absolute atomic E-state index is 0.00620. The van der Waals surface area contributed by atoms with Crippen LogP contribution in [0.15, 0.2) is 4.99 Å². The van der Waals surface area contributed by atoms with Crippen LogP contribution >= 0.6 is 0 Å². The zero-order valence-corrected chi connectivity index (χ0v) is 25.1. The third-order valence-corrected chi connectivity index (χ3v) is 8.66. The van der Waals surface area contributed by atoms with Crippen molar-refractivity contribution in [2.45, 2.75) is 80.1 Å². The van der Waals surface area contributed by atoms with Gasteiger partial charge in [0.1, 0.15) is 11.3 Å². The van der Waals surface area contributed by atoms with Crippen LogP contribution in [0.2, 0.25) is 0 Å². The Morgan fingerprint density at radius 3 is 1.81 bits per heavy atom. The topological polar surface area (TPSA) is 150 Å². The van der Waals surface area contributed by atoms with E-state index in [1.54, 1.807) is 0 Å². The van der Waals surface area contributed by atoms with E-state index in [9.17, 15) is 19.8 Å². The number of hydrogen-bond acceptors (Lipinski definition) is 3. The molecule has 0 spiro atoms. The third-order valence-electron chi connectivity index (χ3n) is 8.66. The zero-order valence-electron chi connectivity index (χ0n) is 25.1. The normalized spacial score (nSPS) is 12.3. The van der Waals surface area contributed by atoms with Gasteiger partial charge >= 0.3 is 11.9 Å². The molecule has 8 bridgehead atoms. The van der Waals surface area contributed by atoms with E-state index in [0.29, 0.717) is 12.8 Å². The van der Waals surface area contributed by atoms with E-state index in [1.807, 2.05) is 19.9 Å². The van der Waals surface area contributed by atoms with Crippen LogP contribution in [0.5, 0.6) is 0 Å². The Morgan fingerprint density at radius 2 is 1.17 bits per heavy atom. The van der Waals surface area contributed by atoms with Gasteiger partial charge in [-0.1, -0.05) is 13.8 Å². The maximum absolute atomic E-state index is 11.5. The fourth-order valence-corrected chi connectivity index (χ4v) is 6.19. The molecule has 0 aliphatic carbocycles. The fraction of sp³-hybridized carbons (Fsp3) is 0.364. The van der Waals surface area contributed by atoms with Crippen molar-refractivity contribution in [3.05, 3.63) is 83.1 Å². The average Bonchev–Trinajstić information content (AvgIpc) is 3.59. The Kier molecular flexibility index (Phi) is 7.86. The molecular weight excluding hydrogens is 530 g/mol. The van der Waals surface area contributed by atoms with Crippen molar-refractivity contribution in [2.75, 3.05) is 0 Å². The second-order valence-corrected chi connectivity index (χ2v) is 11.1. The summed E-state index contributed by atoms with van der Waals surface area (Å²) in [7, 11) is 0. The van der Waals surface area contributed by atoms with Crippen LogP contribution in [0.4, 0.5) is 5.82 Å². The van der Waals surface area contributed by atoms with Gasteiger partial charge in [0, 0.05) is 46.0 Å². The van der Waals surface area contributed by atoms with Gasteiger partial charge in [0.05, 0.1) is 0 Å². The SMILES string of the molecule is CCc1c2[nH]c(c1C)N=c1[nH]c(c(C)c1CC)=Cc1[nH]c(c(CCC(=O)O)c1C)C=c1[nH]c(c(C)c1CCC(=O)O)=C2. The van der Waals surface area contributed by atoms with Crippen molar-refractivity contribution in [1.29, 1.82) is 0 Å². The molecule has 0 atom stereocenters. The maximum atomic E-state index is 11.5. The molecule has 0 saturated carbocycles. The van der Waals surface area contributed by atoms with Gasteiger partial charge in [-0.3, -0.25) is 9.59 Å². The van der Waals surface area contributed by atoms with Crippen molar-refractivity contribution in [3.8, 4) is 0 Å². The van der Waals surface area contributed by atoms with Crippen molar-refractivity contribution >= 4 is 36.0 Å². The minimum atomic E-state index is -0.855. The number of nitrogens with one attached hydrogen (secondary N) is 4. The van der Waals surface area contributed by atoms with E-state index in [2.05, 4.69) is 59.8 Å². The maximum Gasteiger partial charge on any atom is 0.303 e. The molecule has 1 aliphatic heterocycles. The molecule has 42 heavy (non-hydrogen) atoms. The number of rotatable bonds is 8. The van der Waals surface area contributed by atoms with Gasteiger partial charge in [-0.25, -0.2) is 4.99 Å². The van der Waals surface area contributed by atoms with Crippen LogP contribution in [0.25, 0.3) is 18.2 Å². The zero-order chi connectivity index (χ0) is 30.3. The smallest absolute Gasteiger partial charge is 0.303 e. The fourth-order valence-electron chi connectivity index (χ4n) is 6.19. The Bertz CT molecular complexity index is 1960. The number of carboxylic acids is 2. The number of aromatic amines is 4. The molecule has 9 nitrogen and oxygen atoms in total. The van der Waals surface area contributed by atoms with Crippen LogP contribution in [-0.4, -0.2) is 42.1 Å². The van der Waals surface area contributed by atoms with Gasteiger partial charge < -0.3 is 30.1 Å². The first-order valence-electron chi connectivity index (χ1n) is 14.6. The molecule has 4 aromatic rings. The highest BCUT2D eigenvalue weighted by Gasteiger charge is 2.17. The number of H-pyrrole nitrogens is 4. The molecule has 9 heteroatoms. The van der Waals surface area contributed by atoms with Crippen molar-refractivity contribution in [2.24, 2.45) is 4.99 Å². The lowest BCUT2D eigenvalue weighted by molar-refractivity contribution is -0.138. The number of hydrogen-bond donors (Lipinski definition) is 6. The second kappa shape index (κ2) is 11.4. The highest BCUT2D eigenvalue weighted by atomic mass is 16.4. The van der Waals surface area contributed by atoms with Crippen LogP contribution in [0, 0.1) is 27.7 Å². The number of aliphatic carboxylic acids is 2. The molecule has 0 fully saturated rings. The van der Waals surface area contributed by atoms with Gasteiger partial charge in [0.25, 0.3) is 0 Å². The molecular formula is C33H39N5O4. The van der Waals surface area contributed by atoms with Crippen molar-refractivity contribution < 1.29 is 19.8 Å². The van der Waals surface area contributed by atoms with E-state index in [-0.39, 0.29) is 12.8 Å². The molecule has 220 valence electrons. The quantitative estimate of drug-likeness (QED) is 0.170. The highest BCUT2D eigenvalue weighted by molar-refractivity contribution is 5.69. The summed E-state index contributed by atoms with van der Waals surface area (Å²) in [6.07, 6.45) is 8.57. The lowest BCUT2D eigenvalue weighted by atomic mass is 10.0. The molecule has 6 N–H and O–H groups in total. The molecule has 0 radical (unpaired) electrons. The first-order valence-corrected chi connectivity index (χ1v) is 14.6. The van der Waals surface area contributed by atoms with Gasteiger partial charge in [0.2, 0.25) is 0 Å². The third kappa shape index (κ3) is 5.26. The number of aromatic nitrogens is 4. The first-order chi connectivity index (χ1) is 20.0. The summed E-state index contributed by atoms with van der Waals surface area (Å²) >= 11 is 0. The van der Waals surface area contributed by atoms with E-state index >= 15 is 0 Å². The minimum Gasteiger partial charge on any atom is -0.481 e. The van der Waals surface area contributed by atoms with E-state index in [1.165, 1.54) is 5.56 Å². The number of carboxylic acid groups (broad SMARTS) is 2. The highest BCUT2D eigenvalue weighted by Crippen LogP contribution is 2.26. The van der Waals surface area contributed by atoms with Crippen molar-refractivity contribution in [1.82, 2.24) is 19.9 Å². The summed E-state index contributed by atoms with van der Waals surface area (Å²) in [4.78, 5) is 42.4. The number of carbonyl (C=O) groups is 2. The molecule has 0 aromatic carbocycles. The second-order valence-electron chi connectivity index (χ2n) is 11.1. The molecule has 4 aromatic heterocycles. The molecule has 0 saturated heterocycles. The van der Waals surface area contributed by atoms with Gasteiger partial charge in [0.15, 0.2) is 0 Å². The largest absolute Gasteiger partial charge is 0.481 e. The monoisotopic (exact) mass is 569 g/mol. The van der Waals surface area contributed by atoms with Crippen LogP contribution in [-0.2, 0) is 35.3 Å². The summed E-state index contributed by atoms with van der Waals surface area (Å²) in [5.41, 5.74) is 11.9. The Morgan fingerprint density at radius 1 is 0.619 bits per heavy atom. The predicted molar refractivity (Wildman–Crippen MR) is 163 cm³/mol. The van der Waals surface area contributed by atoms with E-state index in [4.69, 9.17) is 4.99 Å². The Balaban J connectivity index is 1.91. The Labute approximate surface area is 243 Å². The molecule has 1 aliphatic rings. The first kappa shape index (κ1) is 29.0. The van der Waals surface area contributed by atoms with Crippen LogP contribution < -0.4 is 21.5 Å². The summed E-state index contributed by atoms with van der Waals surface area (Å²) in [5.74, 6) is -0.901. The van der Waals surface area contributed by atoms with Gasteiger partial charge in [-0.2, -0.15) is 0 Å². The summed E-state index contributed by atoms with van der Waals surface area (Å²) in [5, 5.41) is 21.6. The predicted octanol–water partition coefficient (Wildman–Crippen LogP) is 3.14. The average molecular weight is 570 g/mol. The molecule has 5 heterocycles. The lowest BCUT2D eigenvalue weighted by Gasteiger charge is -2.01. The van der Waals surface area contributed by atoms with E-state index < -0.39 is 11.9 Å². The summed E-state index contributed by atoms with van der Waals surface area (Å²) < 4.78 is 0. The van der Waals surface area contributed by atoms with E-state index in [0.717, 1.165) is 96.2 Å². The molecule has 0 amide bonds. The summed E-state index contributed by atoms with van der Waals surface area (Å²) in [6.45, 7) is 12.5. The summed E-state index contributed by atoms with van der Waals surface area (Å²) in [6, 6.07) is 0.